The predicted molar refractivity (Wildman–Crippen MR) is 132 cm³/mol. The Labute approximate surface area is 197 Å². The Balaban J connectivity index is 1.58. The third kappa shape index (κ3) is 2.66. The highest BCUT2D eigenvalue weighted by Gasteiger charge is 2.71. The minimum absolute atomic E-state index is 0.0300. The van der Waals surface area contributed by atoms with Crippen LogP contribution in [0.1, 0.15) is 106 Å². The van der Waals surface area contributed by atoms with Crippen molar-refractivity contribution < 1.29 is 10.2 Å². The number of fused-ring (bicyclic) bond motifs is 7. The number of hydrogen-bond donors (Lipinski definition) is 2. The first kappa shape index (κ1) is 23.4. The Morgan fingerprint density at radius 2 is 1.47 bits per heavy atom. The van der Waals surface area contributed by atoms with Gasteiger partial charge in [-0.15, -0.1) is 0 Å². The van der Waals surface area contributed by atoms with Gasteiger partial charge in [0.2, 0.25) is 0 Å². The lowest BCUT2D eigenvalue weighted by molar-refractivity contribution is -0.276. The Morgan fingerprint density at radius 3 is 2.16 bits per heavy atom. The van der Waals surface area contributed by atoms with E-state index in [0.717, 1.165) is 19.3 Å². The molecule has 0 aliphatic heterocycles. The predicted octanol–water partition coefficient (Wildman–Crippen LogP) is 7.00. The van der Waals surface area contributed by atoms with E-state index in [-0.39, 0.29) is 33.9 Å². The van der Waals surface area contributed by atoms with Crippen molar-refractivity contribution in [3.63, 3.8) is 0 Å². The lowest BCUT2D eigenvalue weighted by atomic mass is 9.31. The van der Waals surface area contributed by atoms with Crippen LogP contribution in [0, 0.1) is 56.7 Å². The number of allylic oxidation sites excluding steroid dienone is 1. The first-order valence-electron chi connectivity index (χ1n) is 13.8. The molecule has 2 nitrogen and oxygen atoms in total. The summed E-state index contributed by atoms with van der Waals surface area (Å²) in [5, 5.41) is 22.9. The smallest absolute Gasteiger partial charge is 0.0594 e. The zero-order chi connectivity index (χ0) is 23.5. The van der Waals surface area contributed by atoms with E-state index in [9.17, 15) is 10.2 Å². The number of aliphatic hydroxyl groups is 2. The van der Waals surface area contributed by atoms with Crippen LogP contribution < -0.4 is 0 Å². The van der Waals surface area contributed by atoms with Gasteiger partial charge < -0.3 is 10.2 Å². The largest absolute Gasteiger partial charge is 0.393 e. The number of hydrogen-bond acceptors (Lipinski definition) is 2. The molecular formula is C30H50O2. The summed E-state index contributed by atoms with van der Waals surface area (Å²) < 4.78 is 0. The summed E-state index contributed by atoms with van der Waals surface area (Å²) in [6.45, 7) is 21.8. The van der Waals surface area contributed by atoms with Crippen LogP contribution in [0.15, 0.2) is 12.2 Å². The topological polar surface area (TPSA) is 40.5 Å². The van der Waals surface area contributed by atoms with E-state index in [0.29, 0.717) is 35.0 Å². The highest BCUT2D eigenvalue weighted by Crippen LogP contribution is 2.76. The maximum absolute atomic E-state index is 12.0. The second kappa shape index (κ2) is 6.87. The molecule has 0 amide bonds. The molecule has 5 fully saturated rings. The third-order valence-corrected chi connectivity index (χ3v) is 13.6. The molecule has 5 saturated carbocycles. The average Bonchev–Trinajstić information content (AvgIpc) is 2.71. The van der Waals surface area contributed by atoms with Crippen molar-refractivity contribution in [3.8, 4) is 0 Å². The fourth-order valence-electron chi connectivity index (χ4n) is 11.3. The van der Waals surface area contributed by atoms with Gasteiger partial charge in [0.25, 0.3) is 0 Å². The minimum atomic E-state index is -0.207. The lowest BCUT2D eigenvalue weighted by Crippen LogP contribution is -2.70. The molecule has 2 N–H and O–H groups in total. The second-order valence-electron chi connectivity index (χ2n) is 14.8. The highest BCUT2D eigenvalue weighted by atomic mass is 16.3. The summed E-state index contributed by atoms with van der Waals surface area (Å²) in [6, 6.07) is 0. The van der Waals surface area contributed by atoms with Gasteiger partial charge in [-0.25, -0.2) is 0 Å². The van der Waals surface area contributed by atoms with Gasteiger partial charge in [-0.1, -0.05) is 60.6 Å². The molecule has 32 heavy (non-hydrogen) atoms. The normalized spacial score (nSPS) is 59.4. The van der Waals surface area contributed by atoms with Crippen molar-refractivity contribution in [2.24, 2.45) is 56.7 Å². The Bertz CT molecular complexity index is 801. The van der Waals surface area contributed by atoms with Crippen LogP contribution >= 0.6 is 0 Å². The SMILES string of the molecule is C=C1CCC2(C)CCC3(C)C(C(O)CC4C5(C)CCC(O)C(C)(C)C5CCC43C)C2C1C. The molecule has 0 aromatic heterocycles. The molecule has 182 valence electrons. The third-order valence-electron chi connectivity index (χ3n) is 13.6. The summed E-state index contributed by atoms with van der Waals surface area (Å²) in [7, 11) is 0. The quantitative estimate of drug-likeness (QED) is 0.397. The first-order chi connectivity index (χ1) is 14.7. The maximum atomic E-state index is 12.0. The van der Waals surface area contributed by atoms with Gasteiger partial charge in [0.15, 0.2) is 0 Å². The molecule has 5 rings (SSSR count). The molecular weight excluding hydrogens is 392 g/mol. The van der Waals surface area contributed by atoms with Gasteiger partial charge in [-0.05, 0) is 114 Å². The van der Waals surface area contributed by atoms with Crippen molar-refractivity contribution in [2.45, 2.75) is 118 Å². The minimum Gasteiger partial charge on any atom is -0.393 e. The summed E-state index contributed by atoms with van der Waals surface area (Å²) in [5.74, 6) is 2.56. The van der Waals surface area contributed by atoms with Crippen LogP contribution in [-0.2, 0) is 0 Å². The van der Waals surface area contributed by atoms with Crippen molar-refractivity contribution in [3.05, 3.63) is 12.2 Å². The Morgan fingerprint density at radius 1 is 0.781 bits per heavy atom. The van der Waals surface area contributed by atoms with E-state index in [2.05, 4.69) is 55.0 Å². The maximum Gasteiger partial charge on any atom is 0.0594 e. The van der Waals surface area contributed by atoms with Gasteiger partial charge >= 0.3 is 0 Å². The molecule has 2 heteroatoms. The standard InChI is InChI=1S/C30H50O2/c1-18-9-12-27(5)15-16-30(8)25(24(27)19(18)2)20(31)17-22-28(6)13-11-23(32)26(3,4)21(28)10-14-29(22,30)7/h19-25,31-32H,1,9-17H2,2-8H3. The van der Waals surface area contributed by atoms with Crippen molar-refractivity contribution in [2.75, 3.05) is 0 Å². The van der Waals surface area contributed by atoms with E-state index < -0.39 is 0 Å². The van der Waals surface area contributed by atoms with Gasteiger partial charge in [0.1, 0.15) is 0 Å². The Kier molecular flexibility index (Phi) is 5.02. The molecule has 0 aromatic rings. The van der Waals surface area contributed by atoms with E-state index in [4.69, 9.17) is 0 Å². The van der Waals surface area contributed by atoms with Crippen LogP contribution in [0.2, 0.25) is 0 Å². The fraction of sp³-hybridized carbons (Fsp3) is 0.933. The van der Waals surface area contributed by atoms with Gasteiger partial charge in [0, 0.05) is 0 Å². The molecule has 0 heterocycles. The van der Waals surface area contributed by atoms with Crippen molar-refractivity contribution in [1.29, 1.82) is 0 Å². The molecule has 0 radical (unpaired) electrons. The monoisotopic (exact) mass is 442 g/mol. The average molecular weight is 443 g/mol. The Hall–Kier alpha value is -0.340. The molecule has 11 atom stereocenters. The molecule has 5 aliphatic carbocycles. The van der Waals surface area contributed by atoms with Crippen molar-refractivity contribution in [1.82, 2.24) is 0 Å². The fourth-order valence-corrected chi connectivity index (χ4v) is 11.3. The van der Waals surface area contributed by atoms with Gasteiger partial charge in [-0.2, -0.15) is 0 Å². The molecule has 11 unspecified atom stereocenters. The van der Waals surface area contributed by atoms with Crippen LogP contribution in [0.3, 0.4) is 0 Å². The van der Waals surface area contributed by atoms with Gasteiger partial charge in [-0.3, -0.25) is 0 Å². The molecule has 0 aromatic carbocycles. The van der Waals surface area contributed by atoms with E-state index in [1.54, 1.807) is 0 Å². The highest BCUT2D eigenvalue weighted by molar-refractivity contribution is 5.22. The summed E-state index contributed by atoms with van der Waals surface area (Å²) >= 11 is 0. The molecule has 0 spiro atoms. The zero-order valence-electron chi connectivity index (χ0n) is 22.0. The lowest BCUT2D eigenvalue weighted by Gasteiger charge is -2.74. The van der Waals surface area contributed by atoms with E-state index in [1.165, 1.54) is 44.1 Å². The summed E-state index contributed by atoms with van der Waals surface area (Å²) in [6.07, 6.45) is 10.1. The van der Waals surface area contributed by atoms with E-state index >= 15 is 0 Å². The van der Waals surface area contributed by atoms with Crippen LogP contribution in [-0.4, -0.2) is 22.4 Å². The number of aliphatic hydroxyl groups excluding tert-OH is 2. The summed E-state index contributed by atoms with van der Waals surface area (Å²) in [4.78, 5) is 0. The molecule has 0 saturated heterocycles. The van der Waals surface area contributed by atoms with Crippen LogP contribution in [0.25, 0.3) is 0 Å². The number of rotatable bonds is 0. The first-order valence-corrected chi connectivity index (χ1v) is 13.8. The molecule has 0 bridgehead atoms. The van der Waals surface area contributed by atoms with E-state index in [1.807, 2.05) is 0 Å². The van der Waals surface area contributed by atoms with Crippen molar-refractivity contribution >= 4 is 0 Å². The van der Waals surface area contributed by atoms with Gasteiger partial charge in [0.05, 0.1) is 12.2 Å². The second-order valence-corrected chi connectivity index (χ2v) is 14.8. The van der Waals surface area contributed by atoms with Crippen LogP contribution in [0.4, 0.5) is 0 Å². The summed E-state index contributed by atoms with van der Waals surface area (Å²) in [5.41, 5.74) is 2.41. The van der Waals surface area contributed by atoms with Crippen LogP contribution in [0.5, 0.6) is 0 Å². The zero-order valence-corrected chi connectivity index (χ0v) is 22.0. The molecule has 5 aliphatic rings.